The Bertz CT molecular complexity index is 388. The van der Waals surface area contributed by atoms with E-state index in [2.05, 4.69) is 0 Å². The second-order valence-electron chi connectivity index (χ2n) is 5.24. The number of hydrogen-bond acceptors (Lipinski definition) is 10. The van der Waals surface area contributed by atoms with Crippen LogP contribution in [0.5, 0.6) is 0 Å². The summed E-state index contributed by atoms with van der Waals surface area (Å²) in [5, 5.41) is 57.3. The van der Waals surface area contributed by atoms with E-state index in [0.717, 1.165) is 0 Å². The zero-order valence-electron chi connectivity index (χ0n) is 11.6. The van der Waals surface area contributed by atoms with Gasteiger partial charge in [0.15, 0.2) is 12.1 Å². The van der Waals surface area contributed by atoms with Gasteiger partial charge in [-0.2, -0.15) is 0 Å². The molecule has 0 radical (unpaired) electrons. The molecule has 6 N–H and O–H groups in total. The quantitative estimate of drug-likeness (QED) is 0.296. The van der Waals surface area contributed by atoms with Crippen molar-refractivity contribution in [2.24, 2.45) is 0 Å². The lowest BCUT2D eigenvalue weighted by molar-refractivity contribution is -0.327. The van der Waals surface area contributed by atoms with E-state index in [-0.39, 0.29) is 6.61 Å². The van der Waals surface area contributed by atoms with Crippen molar-refractivity contribution in [2.75, 3.05) is 19.8 Å². The minimum absolute atomic E-state index is 0.388. The molecule has 10 heteroatoms. The molecular formula is C12H20O10. The maximum Gasteiger partial charge on any atom is 0.189 e. The van der Waals surface area contributed by atoms with Gasteiger partial charge in [0, 0.05) is 0 Å². The van der Waals surface area contributed by atoms with E-state index in [9.17, 15) is 30.3 Å². The summed E-state index contributed by atoms with van der Waals surface area (Å²) in [7, 11) is 0. The molecule has 2 fully saturated rings. The number of aliphatic hydroxyl groups excluding tert-OH is 6. The predicted octanol–water partition coefficient (Wildman–Crippen LogP) is -4.51. The number of rotatable bonds is 4. The fourth-order valence-electron chi connectivity index (χ4n) is 2.41. The Labute approximate surface area is 125 Å². The molecule has 0 saturated carbocycles. The fraction of sp³-hybridized carbons (Fsp3) is 0.917. The molecule has 0 amide bonds. The Morgan fingerprint density at radius 1 is 1.00 bits per heavy atom. The summed E-state index contributed by atoms with van der Waals surface area (Å²) in [6, 6.07) is 0. The second-order valence-corrected chi connectivity index (χ2v) is 5.24. The Kier molecular flexibility index (Phi) is 5.82. The van der Waals surface area contributed by atoms with Crippen LogP contribution in [-0.2, 0) is 19.0 Å². The van der Waals surface area contributed by atoms with E-state index in [1.165, 1.54) is 0 Å². The third kappa shape index (κ3) is 3.30. The predicted molar refractivity (Wildman–Crippen MR) is 66.5 cm³/mol. The normalized spacial score (nSPS) is 46.7. The lowest BCUT2D eigenvalue weighted by atomic mass is 9.98. The van der Waals surface area contributed by atoms with Gasteiger partial charge >= 0.3 is 0 Å². The first-order valence-corrected chi connectivity index (χ1v) is 6.80. The fourth-order valence-corrected chi connectivity index (χ4v) is 2.41. The maximum absolute atomic E-state index is 11.5. The molecule has 2 aliphatic rings. The molecule has 2 saturated heterocycles. The standard InChI is InChI=1S/C12H20O10/c13-1-5-8(17)9(18)10(19)12(21-5)22-11-6(2-14)20-3-4(15)7(11)16/h5-14,16-19H,1-3H2/t5-,6-,7-,8+,9+,10-,11+,12+/m1/s1. The largest absolute Gasteiger partial charge is 0.394 e. The summed E-state index contributed by atoms with van der Waals surface area (Å²) >= 11 is 0. The van der Waals surface area contributed by atoms with Crippen LogP contribution in [0, 0.1) is 0 Å². The first-order chi connectivity index (χ1) is 10.4. The molecule has 2 aliphatic heterocycles. The Morgan fingerprint density at radius 3 is 2.23 bits per heavy atom. The van der Waals surface area contributed by atoms with Gasteiger partial charge in [0.25, 0.3) is 0 Å². The smallest absolute Gasteiger partial charge is 0.189 e. The Morgan fingerprint density at radius 2 is 1.64 bits per heavy atom. The highest BCUT2D eigenvalue weighted by Crippen LogP contribution is 2.26. The molecule has 0 aromatic heterocycles. The highest BCUT2D eigenvalue weighted by Gasteiger charge is 2.48. The molecule has 0 aliphatic carbocycles. The molecule has 2 heterocycles. The van der Waals surface area contributed by atoms with Crippen molar-refractivity contribution in [3.8, 4) is 0 Å². The van der Waals surface area contributed by atoms with Crippen LogP contribution >= 0.6 is 0 Å². The minimum Gasteiger partial charge on any atom is -0.394 e. The van der Waals surface area contributed by atoms with Gasteiger partial charge < -0.3 is 44.8 Å². The van der Waals surface area contributed by atoms with Gasteiger partial charge in [-0.3, -0.25) is 4.79 Å². The average molecular weight is 324 g/mol. The number of hydrogen-bond donors (Lipinski definition) is 6. The van der Waals surface area contributed by atoms with Gasteiger partial charge in [0.2, 0.25) is 0 Å². The van der Waals surface area contributed by atoms with Gasteiger partial charge in [0.1, 0.15) is 49.3 Å². The van der Waals surface area contributed by atoms with Gasteiger partial charge in [-0.15, -0.1) is 0 Å². The zero-order chi connectivity index (χ0) is 16.4. The van der Waals surface area contributed by atoms with E-state index in [4.69, 9.17) is 19.3 Å². The summed E-state index contributed by atoms with van der Waals surface area (Å²) in [6.07, 6.45) is -11.6. The first kappa shape index (κ1) is 17.7. The lowest BCUT2D eigenvalue weighted by Crippen LogP contribution is -2.62. The number of ketones is 1. The topological polar surface area (TPSA) is 166 Å². The highest BCUT2D eigenvalue weighted by molar-refractivity contribution is 5.85. The summed E-state index contributed by atoms with van der Waals surface area (Å²) in [4.78, 5) is 11.5. The van der Waals surface area contributed by atoms with Crippen LogP contribution in [0.25, 0.3) is 0 Å². The number of Topliss-reactive ketones (excluding diaryl/α,β-unsaturated/α-hetero) is 1. The maximum atomic E-state index is 11.5. The van der Waals surface area contributed by atoms with Crippen LogP contribution in [0.3, 0.4) is 0 Å². The van der Waals surface area contributed by atoms with Crippen molar-refractivity contribution in [1.82, 2.24) is 0 Å². The molecule has 0 spiro atoms. The van der Waals surface area contributed by atoms with E-state index in [0.29, 0.717) is 0 Å². The lowest BCUT2D eigenvalue weighted by Gasteiger charge is -2.43. The SMILES string of the molecule is O=C1CO[C@H](CO)[C@H](O[C@@H]2O[C@H](CO)[C@H](O)[C@H](O)[C@H]2O)[C@@H]1O. The minimum atomic E-state index is -1.68. The number of carbonyl (C=O) groups is 1. The monoisotopic (exact) mass is 324 g/mol. The van der Waals surface area contributed by atoms with Crippen molar-refractivity contribution in [2.45, 2.75) is 49.0 Å². The third-order valence-electron chi connectivity index (χ3n) is 3.77. The zero-order valence-corrected chi connectivity index (χ0v) is 11.6. The first-order valence-electron chi connectivity index (χ1n) is 6.80. The third-order valence-corrected chi connectivity index (χ3v) is 3.77. The van der Waals surface area contributed by atoms with Gasteiger partial charge in [-0.1, -0.05) is 0 Å². The molecule has 0 aromatic carbocycles. The number of carbonyl (C=O) groups excluding carboxylic acids is 1. The van der Waals surface area contributed by atoms with Crippen molar-refractivity contribution >= 4 is 5.78 Å². The average Bonchev–Trinajstić information content (AvgIpc) is 2.52. The summed E-state index contributed by atoms with van der Waals surface area (Å²) < 4.78 is 15.4. The summed E-state index contributed by atoms with van der Waals surface area (Å²) in [6.45, 7) is -1.58. The molecule has 2 rings (SSSR count). The van der Waals surface area contributed by atoms with E-state index >= 15 is 0 Å². The number of ether oxygens (including phenoxy) is 3. The van der Waals surface area contributed by atoms with Crippen molar-refractivity contribution in [3.63, 3.8) is 0 Å². The van der Waals surface area contributed by atoms with E-state index in [1.807, 2.05) is 0 Å². The van der Waals surface area contributed by atoms with E-state index in [1.54, 1.807) is 0 Å². The number of aliphatic hydroxyl groups is 6. The molecular weight excluding hydrogens is 304 g/mol. The van der Waals surface area contributed by atoms with Crippen LogP contribution in [0.15, 0.2) is 0 Å². The van der Waals surface area contributed by atoms with Crippen LogP contribution < -0.4 is 0 Å². The highest BCUT2D eigenvalue weighted by atomic mass is 16.7. The van der Waals surface area contributed by atoms with Crippen molar-refractivity contribution in [1.29, 1.82) is 0 Å². The second kappa shape index (κ2) is 7.25. The molecule has 8 atom stereocenters. The molecule has 10 nitrogen and oxygen atoms in total. The van der Waals surface area contributed by atoms with Gasteiger partial charge in [0.05, 0.1) is 13.2 Å². The molecule has 0 bridgehead atoms. The molecule has 128 valence electrons. The van der Waals surface area contributed by atoms with Crippen LogP contribution in [0.1, 0.15) is 0 Å². The summed E-state index contributed by atoms with van der Waals surface area (Å²) in [5.41, 5.74) is 0. The van der Waals surface area contributed by atoms with Crippen molar-refractivity contribution in [3.05, 3.63) is 0 Å². The Hall–Kier alpha value is -0.690. The summed E-state index contributed by atoms with van der Waals surface area (Å²) in [5.74, 6) is -0.667. The van der Waals surface area contributed by atoms with Crippen molar-refractivity contribution < 1.29 is 49.6 Å². The van der Waals surface area contributed by atoms with Crippen LogP contribution in [-0.4, -0.2) is 105 Å². The Balaban J connectivity index is 2.11. The van der Waals surface area contributed by atoms with Crippen LogP contribution in [0.2, 0.25) is 0 Å². The van der Waals surface area contributed by atoms with E-state index < -0.39 is 68.0 Å². The van der Waals surface area contributed by atoms with Gasteiger partial charge in [-0.25, -0.2) is 0 Å². The molecule has 22 heavy (non-hydrogen) atoms. The van der Waals surface area contributed by atoms with Gasteiger partial charge in [-0.05, 0) is 0 Å². The molecule has 0 aromatic rings. The molecule has 0 unspecified atom stereocenters. The van der Waals surface area contributed by atoms with Crippen LogP contribution in [0.4, 0.5) is 0 Å².